The smallest absolute Gasteiger partial charge is 0.449 e. The van der Waals surface area contributed by atoms with Crippen molar-refractivity contribution >= 4 is 23.8 Å². The number of halogens is 3. The lowest BCUT2D eigenvalue weighted by molar-refractivity contribution is -0.274. The second kappa shape index (κ2) is 8.39. The Kier molecular flexibility index (Phi) is 6.22. The summed E-state index contributed by atoms with van der Waals surface area (Å²) in [5, 5.41) is 6.00. The van der Waals surface area contributed by atoms with Crippen molar-refractivity contribution in [2.45, 2.75) is 26.3 Å². The molecule has 0 aliphatic carbocycles. The van der Waals surface area contributed by atoms with Gasteiger partial charge < -0.3 is 19.3 Å². The average Bonchev–Trinajstić information content (AvgIpc) is 2.97. The number of aryl methyl sites for hydroxylation is 1. The van der Waals surface area contributed by atoms with Gasteiger partial charge in [0.25, 0.3) is 5.91 Å². The third-order valence-electron chi connectivity index (χ3n) is 3.07. The summed E-state index contributed by atoms with van der Waals surface area (Å²) in [5.41, 5.74) is 0.441. The summed E-state index contributed by atoms with van der Waals surface area (Å²) in [6, 6.07) is 6.36. The SMILES string of the molecule is Cc1cc(NC(=O)[C@@H](C)OC(=O)/C=C/c2ccc(OC(F)(F)F)cc2)no1. The molecule has 0 spiro atoms. The number of hydrogen-bond acceptors (Lipinski definition) is 6. The highest BCUT2D eigenvalue weighted by Crippen LogP contribution is 2.23. The number of rotatable bonds is 6. The van der Waals surface area contributed by atoms with Gasteiger partial charge in [-0.2, -0.15) is 0 Å². The maximum absolute atomic E-state index is 12.1. The highest BCUT2D eigenvalue weighted by molar-refractivity contribution is 5.96. The monoisotopic (exact) mass is 384 g/mol. The molecule has 1 N–H and O–H groups in total. The Morgan fingerprint density at radius 3 is 2.48 bits per heavy atom. The van der Waals surface area contributed by atoms with Crippen molar-refractivity contribution in [1.82, 2.24) is 5.16 Å². The normalized spacial score (nSPS) is 12.6. The predicted octanol–water partition coefficient (Wildman–Crippen LogP) is 3.47. The van der Waals surface area contributed by atoms with Gasteiger partial charge in [0.2, 0.25) is 0 Å². The van der Waals surface area contributed by atoms with Crippen LogP contribution in [0.25, 0.3) is 6.08 Å². The number of nitrogens with one attached hydrogen (secondary N) is 1. The molecule has 1 heterocycles. The van der Waals surface area contributed by atoms with Gasteiger partial charge in [-0.1, -0.05) is 17.3 Å². The van der Waals surface area contributed by atoms with E-state index in [4.69, 9.17) is 9.26 Å². The van der Waals surface area contributed by atoms with E-state index >= 15 is 0 Å². The van der Waals surface area contributed by atoms with Crippen LogP contribution in [0.3, 0.4) is 0 Å². The number of carbonyl (C=O) groups excluding carboxylic acids is 2. The lowest BCUT2D eigenvalue weighted by Crippen LogP contribution is -2.29. The topological polar surface area (TPSA) is 90.7 Å². The van der Waals surface area contributed by atoms with E-state index in [0.717, 1.165) is 18.2 Å². The van der Waals surface area contributed by atoms with E-state index in [-0.39, 0.29) is 11.6 Å². The molecule has 144 valence electrons. The van der Waals surface area contributed by atoms with E-state index in [1.165, 1.54) is 31.2 Å². The molecule has 7 nitrogen and oxygen atoms in total. The van der Waals surface area contributed by atoms with Gasteiger partial charge in [0.05, 0.1) is 0 Å². The quantitative estimate of drug-likeness (QED) is 0.606. The fourth-order valence-electron chi connectivity index (χ4n) is 1.87. The van der Waals surface area contributed by atoms with Gasteiger partial charge in [-0.05, 0) is 37.6 Å². The number of benzene rings is 1. The van der Waals surface area contributed by atoms with Gasteiger partial charge in [0, 0.05) is 12.1 Å². The Balaban J connectivity index is 1.85. The Morgan fingerprint density at radius 1 is 1.26 bits per heavy atom. The maximum atomic E-state index is 12.1. The molecule has 10 heteroatoms. The van der Waals surface area contributed by atoms with E-state index in [0.29, 0.717) is 11.3 Å². The van der Waals surface area contributed by atoms with Crippen LogP contribution in [0.4, 0.5) is 19.0 Å². The summed E-state index contributed by atoms with van der Waals surface area (Å²) in [5.74, 6) is -1.08. The number of anilines is 1. The minimum atomic E-state index is -4.78. The van der Waals surface area contributed by atoms with Crippen LogP contribution in [-0.4, -0.2) is 29.5 Å². The molecule has 0 saturated heterocycles. The summed E-state index contributed by atoms with van der Waals surface area (Å²) in [7, 11) is 0. The molecule has 0 aliphatic heterocycles. The lowest BCUT2D eigenvalue weighted by atomic mass is 10.2. The molecule has 0 aliphatic rings. The minimum absolute atomic E-state index is 0.192. The van der Waals surface area contributed by atoms with Crippen molar-refractivity contribution in [3.63, 3.8) is 0 Å². The largest absolute Gasteiger partial charge is 0.573 e. The molecule has 1 aromatic carbocycles. The summed E-state index contributed by atoms with van der Waals surface area (Å²) < 4.78 is 49.7. The van der Waals surface area contributed by atoms with Crippen LogP contribution in [0.5, 0.6) is 5.75 Å². The summed E-state index contributed by atoms with van der Waals surface area (Å²) in [6.45, 7) is 3.02. The number of carbonyl (C=O) groups is 2. The third kappa shape index (κ3) is 6.84. The van der Waals surface area contributed by atoms with Crippen LogP contribution in [0.2, 0.25) is 0 Å². The maximum Gasteiger partial charge on any atom is 0.573 e. The van der Waals surface area contributed by atoms with Gasteiger partial charge in [0.1, 0.15) is 11.5 Å². The number of aromatic nitrogens is 1. The van der Waals surface area contributed by atoms with Crippen molar-refractivity contribution in [3.05, 3.63) is 47.7 Å². The van der Waals surface area contributed by atoms with Crippen LogP contribution in [-0.2, 0) is 14.3 Å². The van der Waals surface area contributed by atoms with E-state index in [1.54, 1.807) is 6.92 Å². The van der Waals surface area contributed by atoms with Crippen LogP contribution >= 0.6 is 0 Å². The fourth-order valence-corrected chi connectivity index (χ4v) is 1.87. The molecule has 2 rings (SSSR count). The molecular weight excluding hydrogens is 369 g/mol. The van der Waals surface area contributed by atoms with Crippen LogP contribution in [0.15, 0.2) is 40.9 Å². The van der Waals surface area contributed by atoms with E-state index in [9.17, 15) is 22.8 Å². The Morgan fingerprint density at radius 2 is 1.93 bits per heavy atom. The molecule has 1 amide bonds. The van der Waals surface area contributed by atoms with Gasteiger partial charge >= 0.3 is 12.3 Å². The Bertz CT molecular complexity index is 828. The molecule has 0 bridgehead atoms. The molecule has 2 aromatic rings. The third-order valence-corrected chi connectivity index (χ3v) is 3.07. The Hall–Kier alpha value is -3.30. The molecule has 1 aromatic heterocycles. The number of ether oxygens (including phenoxy) is 2. The zero-order valence-corrected chi connectivity index (χ0v) is 14.2. The molecule has 0 fully saturated rings. The number of amides is 1. The first kappa shape index (κ1) is 20.0. The van der Waals surface area contributed by atoms with Crippen LogP contribution in [0, 0.1) is 6.92 Å². The van der Waals surface area contributed by atoms with E-state index in [2.05, 4.69) is 15.2 Å². The van der Waals surface area contributed by atoms with Gasteiger partial charge in [-0.15, -0.1) is 13.2 Å². The van der Waals surface area contributed by atoms with Gasteiger partial charge in [0.15, 0.2) is 11.9 Å². The number of alkyl halides is 3. The second-order valence-electron chi connectivity index (χ2n) is 5.34. The van der Waals surface area contributed by atoms with Gasteiger partial charge in [-0.25, -0.2) is 4.79 Å². The van der Waals surface area contributed by atoms with E-state index < -0.39 is 24.3 Å². The first-order chi connectivity index (χ1) is 12.6. The van der Waals surface area contributed by atoms with Crippen molar-refractivity contribution in [2.24, 2.45) is 0 Å². The zero-order chi connectivity index (χ0) is 20.0. The molecule has 0 radical (unpaired) electrons. The highest BCUT2D eigenvalue weighted by Gasteiger charge is 2.30. The van der Waals surface area contributed by atoms with Crippen molar-refractivity contribution < 1.29 is 36.8 Å². The van der Waals surface area contributed by atoms with Crippen LogP contribution in [0.1, 0.15) is 18.2 Å². The summed E-state index contributed by atoms with van der Waals surface area (Å²) >= 11 is 0. The number of esters is 1. The van der Waals surface area contributed by atoms with E-state index in [1.807, 2.05) is 0 Å². The van der Waals surface area contributed by atoms with Gasteiger partial charge in [-0.3, -0.25) is 4.79 Å². The molecule has 27 heavy (non-hydrogen) atoms. The van der Waals surface area contributed by atoms with Crippen molar-refractivity contribution in [1.29, 1.82) is 0 Å². The fraction of sp³-hybridized carbons (Fsp3) is 0.235. The Labute approximate surface area is 151 Å². The minimum Gasteiger partial charge on any atom is -0.449 e. The highest BCUT2D eigenvalue weighted by atomic mass is 19.4. The molecular formula is C17H15F3N2O5. The second-order valence-corrected chi connectivity index (χ2v) is 5.34. The molecule has 1 atom stereocenters. The number of nitrogens with zero attached hydrogens (tertiary/aromatic N) is 1. The van der Waals surface area contributed by atoms with Crippen LogP contribution < -0.4 is 10.1 Å². The first-order valence-corrected chi connectivity index (χ1v) is 7.61. The summed E-state index contributed by atoms with van der Waals surface area (Å²) in [4.78, 5) is 23.6. The molecule has 0 unspecified atom stereocenters. The predicted molar refractivity (Wildman–Crippen MR) is 87.6 cm³/mol. The molecule has 0 saturated carbocycles. The standard InChI is InChI=1S/C17H15F3N2O5/c1-10-9-14(22-27-10)21-16(24)11(2)25-15(23)8-5-12-3-6-13(7-4-12)26-17(18,19)20/h3-9,11H,1-2H3,(H,21,22,24)/b8-5+/t11-/m1/s1. The number of hydrogen-bond donors (Lipinski definition) is 1. The van der Waals surface area contributed by atoms with Crippen molar-refractivity contribution in [2.75, 3.05) is 5.32 Å². The first-order valence-electron chi connectivity index (χ1n) is 7.61. The summed E-state index contributed by atoms with van der Waals surface area (Å²) in [6.07, 6.45) is -3.50. The average molecular weight is 384 g/mol. The zero-order valence-electron chi connectivity index (χ0n) is 14.2. The lowest BCUT2D eigenvalue weighted by Gasteiger charge is -2.10. The van der Waals surface area contributed by atoms with Crippen molar-refractivity contribution in [3.8, 4) is 5.75 Å².